The molecule has 0 saturated carbocycles. The number of fused-ring (bicyclic) bond motifs is 1. The van der Waals surface area contributed by atoms with Gasteiger partial charge in [-0.05, 0) is 44.2 Å². The molecule has 0 amide bonds. The van der Waals surface area contributed by atoms with E-state index in [0.717, 1.165) is 17.8 Å². The van der Waals surface area contributed by atoms with Crippen LogP contribution in [0.5, 0.6) is 11.5 Å². The summed E-state index contributed by atoms with van der Waals surface area (Å²) in [5.41, 5.74) is 1.87. The van der Waals surface area contributed by atoms with Crippen molar-refractivity contribution in [3.05, 3.63) is 47.8 Å². The van der Waals surface area contributed by atoms with Gasteiger partial charge in [0.2, 0.25) is 10.0 Å². The summed E-state index contributed by atoms with van der Waals surface area (Å²) in [6.07, 6.45) is 0.756. The van der Waals surface area contributed by atoms with Gasteiger partial charge in [-0.15, -0.1) is 10.2 Å². The van der Waals surface area contributed by atoms with Gasteiger partial charge in [0.05, 0.1) is 23.8 Å². The van der Waals surface area contributed by atoms with Crippen LogP contribution < -0.4 is 19.5 Å². The minimum absolute atomic E-state index is 0.130. The summed E-state index contributed by atoms with van der Waals surface area (Å²) in [6, 6.07) is 10.1. The highest BCUT2D eigenvalue weighted by atomic mass is 32.2. The first-order valence-electron chi connectivity index (χ1n) is 9.93. The van der Waals surface area contributed by atoms with Crippen molar-refractivity contribution < 1.29 is 17.9 Å². The molecule has 164 valence electrons. The molecule has 31 heavy (non-hydrogen) atoms. The van der Waals surface area contributed by atoms with Crippen molar-refractivity contribution in [3.63, 3.8) is 0 Å². The highest BCUT2D eigenvalue weighted by Gasteiger charge is 2.18. The monoisotopic (exact) mass is 444 g/mol. The van der Waals surface area contributed by atoms with Gasteiger partial charge in [0.25, 0.3) is 0 Å². The number of sulfonamides is 1. The van der Waals surface area contributed by atoms with Crippen LogP contribution >= 0.6 is 0 Å². The third-order valence-corrected chi connectivity index (χ3v) is 6.09. The lowest BCUT2D eigenvalue weighted by molar-refractivity contribution is 0.297. The number of hydrogen-bond acceptors (Lipinski definition) is 8. The van der Waals surface area contributed by atoms with Crippen LogP contribution in [0.2, 0.25) is 0 Å². The molecular formula is C20H24N6O4S. The molecule has 0 unspecified atom stereocenters. The number of benzene rings is 1. The first-order chi connectivity index (χ1) is 14.9. The highest BCUT2D eigenvalue weighted by Crippen LogP contribution is 2.31. The average Bonchev–Trinajstić information content (AvgIpc) is 2.95. The molecule has 10 nitrogen and oxygen atoms in total. The molecule has 4 rings (SSSR count). The second kappa shape index (κ2) is 8.90. The Morgan fingerprint density at radius 1 is 1.00 bits per heavy atom. The first-order valence-corrected chi connectivity index (χ1v) is 11.4. The lowest BCUT2D eigenvalue weighted by Gasteiger charge is -2.11. The van der Waals surface area contributed by atoms with Crippen LogP contribution in [0.4, 0.5) is 5.82 Å². The summed E-state index contributed by atoms with van der Waals surface area (Å²) in [4.78, 5) is 0.130. The maximum absolute atomic E-state index is 12.6. The fourth-order valence-electron chi connectivity index (χ4n) is 3.16. The van der Waals surface area contributed by atoms with Crippen LogP contribution in [0.3, 0.4) is 0 Å². The standard InChI is InChI=1S/C20H24N6O4S/c1-14-12-15(2)26(25-14)20-7-6-19(23-24-20)21-8-9-22-31(27,28)16-4-5-17-18(13-16)30-11-3-10-29-17/h4-7,12-13,22H,3,8-11H2,1-2H3,(H,21,23). The first kappa shape index (κ1) is 21.1. The Morgan fingerprint density at radius 2 is 1.81 bits per heavy atom. The van der Waals surface area contributed by atoms with E-state index < -0.39 is 10.0 Å². The van der Waals surface area contributed by atoms with Crippen LogP contribution in [0, 0.1) is 13.8 Å². The van der Waals surface area contributed by atoms with Gasteiger partial charge in [-0.1, -0.05) is 0 Å². The topological polar surface area (TPSA) is 120 Å². The number of nitrogens with zero attached hydrogens (tertiary/aromatic N) is 4. The lowest BCUT2D eigenvalue weighted by Crippen LogP contribution is -2.29. The second-order valence-electron chi connectivity index (χ2n) is 7.10. The zero-order valence-electron chi connectivity index (χ0n) is 17.3. The number of aryl methyl sites for hydroxylation is 2. The fourth-order valence-corrected chi connectivity index (χ4v) is 4.21. The summed E-state index contributed by atoms with van der Waals surface area (Å²) in [6.45, 7) is 5.43. The molecule has 0 bridgehead atoms. The van der Waals surface area contributed by atoms with E-state index in [2.05, 4.69) is 25.3 Å². The Balaban J connectivity index is 1.32. The highest BCUT2D eigenvalue weighted by molar-refractivity contribution is 7.89. The molecular weight excluding hydrogens is 420 g/mol. The number of rotatable bonds is 7. The van der Waals surface area contributed by atoms with Crippen LogP contribution in [0.25, 0.3) is 5.82 Å². The predicted molar refractivity (Wildman–Crippen MR) is 114 cm³/mol. The van der Waals surface area contributed by atoms with Gasteiger partial charge in [-0.3, -0.25) is 0 Å². The Morgan fingerprint density at radius 3 is 2.52 bits per heavy atom. The molecule has 1 aliphatic rings. The Hall–Kier alpha value is -3.18. The van der Waals surface area contributed by atoms with E-state index in [9.17, 15) is 8.42 Å². The van der Waals surface area contributed by atoms with Gasteiger partial charge in [-0.2, -0.15) is 5.10 Å². The molecule has 3 aromatic rings. The SMILES string of the molecule is Cc1cc(C)n(-c2ccc(NCCNS(=O)(=O)c3ccc4c(c3)OCCCO4)nn2)n1. The summed E-state index contributed by atoms with van der Waals surface area (Å²) in [5.74, 6) is 2.16. The quantitative estimate of drug-likeness (QED) is 0.530. The molecule has 0 spiro atoms. The van der Waals surface area contributed by atoms with Crippen molar-refractivity contribution in [1.82, 2.24) is 24.7 Å². The summed E-state index contributed by atoms with van der Waals surface area (Å²) < 4.78 is 40.5. The molecule has 2 N–H and O–H groups in total. The van der Waals surface area contributed by atoms with E-state index in [1.165, 1.54) is 12.1 Å². The van der Waals surface area contributed by atoms with Crippen LogP contribution in [-0.4, -0.2) is 54.7 Å². The maximum Gasteiger partial charge on any atom is 0.240 e. The minimum atomic E-state index is -3.68. The molecule has 11 heteroatoms. The molecule has 0 atom stereocenters. The van der Waals surface area contributed by atoms with Gasteiger partial charge in [-0.25, -0.2) is 17.8 Å². The van der Waals surface area contributed by atoms with Gasteiger partial charge >= 0.3 is 0 Å². The largest absolute Gasteiger partial charge is 0.490 e. The normalized spacial score (nSPS) is 13.6. The van der Waals surface area contributed by atoms with Crippen LogP contribution in [0.15, 0.2) is 41.3 Å². The smallest absolute Gasteiger partial charge is 0.240 e. The molecule has 1 aromatic carbocycles. The van der Waals surface area contributed by atoms with Crippen LogP contribution in [0.1, 0.15) is 17.8 Å². The zero-order chi connectivity index (χ0) is 21.8. The number of hydrogen-bond donors (Lipinski definition) is 2. The van der Waals surface area contributed by atoms with E-state index in [0.29, 0.717) is 42.9 Å². The van der Waals surface area contributed by atoms with E-state index in [1.807, 2.05) is 19.9 Å². The van der Waals surface area contributed by atoms with Crippen molar-refractivity contribution in [3.8, 4) is 17.3 Å². The minimum Gasteiger partial charge on any atom is -0.490 e. The molecule has 0 radical (unpaired) electrons. The summed E-state index contributed by atoms with van der Waals surface area (Å²) in [5, 5.41) is 15.7. The summed E-state index contributed by atoms with van der Waals surface area (Å²) in [7, 11) is -3.68. The zero-order valence-corrected chi connectivity index (χ0v) is 18.1. The van der Waals surface area contributed by atoms with Crippen molar-refractivity contribution in [2.24, 2.45) is 0 Å². The average molecular weight is 445 g/mol. The molecule has 2 aromatic heterocycles. The third-order valence-electron chi connectivity index (χ3n) is 4.63. The van der Waals surface area contributed by atoms with E-state index in [1.54, 1.807) is 22.9 Å². The van der Waals surface area contributed by atoms with Gasteiger partial charge < -0.3 is 14.8 Å². The van der Waals surface area contributed by atoms with E-state index in [4.69, 9.17) is 9.47 Å². The van der Waals surface area contributed by atoms with Gasteiger partial charge in [0, 0.05) is 31.3 Å². The van der Waals surface area contributed by atoms with E-state index >= 15 is 0 Å². The number of anilines is 1. The Labute approximate surface area is 180 Å². The number of nitrogens with one attached hydrogen (secondary N) is 2. The molecule has 0 aliphatic carbocycles. The van der Waals surface area contributed by atoms with Crippen molar-refractivity contribution >= 4 is 15.8 Å². The second-order valence-corrected chi connectivity index (χ2v) is 8.87. The number of ether oxygens (including phenoxy) is 2. The third kappa shape index (κ3) is 4.94. The van der Waals surface area contributed by atoms with Crippen molar-refractivity contribution in [2.75, 3.05) is 31.6 Å². The predicted octanol–water partition coefficient (Wildman–Crippen LogP) is 1.83. The molecule has 1 aliphatic heterocycles. The Bertz CT molecular complexity index is 1160. The van der Waals surface area contributed by atoms with Crippen molar-refractivity contribution in [1.29, 1.82) is 0 Å². The molecule has 0 saturated heterocycles. The van der Waals surface area contributed by atoms with Crippen molar-refractivity contribution in [2.45, 2.75) is 25.2 Å². The fraction of sp³-hybridized carbons (Fsp3) is 0.350. The van der Waals surface area contributed by atoms with Crippen LogP contribution in [-0.2, 0) is 10.0 Å². The Kier molecular flexibility index (Phi) is 6.05. The maximum atomic E-state index is 12.6. The molecule has 0 fully saturated rings. The van der Waals surface area contributed by atoms with Gasteiger partial charge in [0.15, 0.2) is 17.3 Å². The summed E-state index contributed by atoms with van der Waals surface area (Å²) >= 11 is 0. The van der Waals surface area contributed by atoms with Gasteiger partial charge in [0.1, 0.15) is 5.82 Å². The van der Waals surface area contributed by atoms with E-state index in [-0.39, 0.29) is 11.4 Å². The molecule has 3 heterocycles. The lowest BCUT2D eigenvalue weighted by atomic mass is 10.3. The number of aromatic nitrogens is 4.